The van der Waals surface area contributed by atoms with Crippen molar-refractivity contribution in [1.29, 1.82) is 10.7 Å². The molecule has 7 rings (SSSR count). The van der Waals surface area contributed by atoms with Gasteiger partial charge in [0.1, 0.15) is 60.1 Å². The third-order valence-electron chi connectivity index (χ3n) is 19.0. The molecule has 37 heteroatoms. The van der Waals surface area contributed by atoms with Gasteiger partial charge in [0.2, 0.25) is 76.8 Å². The zero-order valence-corrected chi connectivity index (χ0v) is 62.7. The molecular formula is C73H99N19O16S2. The van der Waals surface area contributed by atoms with Crippen LogP contribution in [0.3, 0.4) is 0 Å². The minimum absolute atomic E-state index is 0.0339. The van der Waals surface area contributed by atoms with Gasteiger partial charge in [0.25, 0.3) is 0 Å². The number of aliphatic carboxylic acids is 1. The fourth-order valence-corrected chi connectivity index (χ4v) is 15.6. The Hall–Kier alpha value is -11.0. The fraction of sp³-hybridized carbons (Fsp3) is 0.507. The van der Waals surface area contributed by atoms with Crippen LogP contribution in [0.2, 0.25) is 0 Å². The van der Waals surface area contributed by atoms with Crippen molar-refractivity contribution >= 4 is 121 Å². The third-order valence-corrected chi connectivity index (χ3v) is 21.5. The molecule has 594 valence electrons. The van der Waals surface area contributed by atoms with E-state index in [4.69, 9.17) is 28.3 Å². The molecule has 23 N–H and O–H groups in total. The largest absolute Gasteiger partial charge is 0.508 e. The number of hydrogen-bond acceptors (Lipinski definition) is 20. The topological polar surface area (TPSA) is 583 Å². The first-order chi connectivity index (χ1) is 52.5. The molecule has 0 bridgehead atoms. The quantitative estimate of drug-likeness (QED) is 0.0149. The number of hydrogen-bond donors (Lipinski definition) is 19. The second-order valence-corrected chi connectivity index (χ2v) is 30.2. The number of nitriles is 1. The number of amides is 13. The number of guanidine groups is 1. The van der Waals surface area contributed by atoms with Gasteiger partial charge in [-0.25, -0.2) is 0 Å². The smallest absolute Gasteiger partial charge is 0.303 e. The number of carboxylic acids is 1. The molecule has 3 fully saturated rings. The van der Waals surface area contributed by atoms with Crippen LogP contribution in [-0.4, -0.2) is 206 Å². The molecule has 110 heavy (non-hydrogen) atoms. The second-order valence-electron chi connectivity index (χ2n) is 27.6. The van der Waals surface area contributed by atoms with Crippen molar-refractivity contribution in [2.45, 2.75) is 195 Å². The van der Waals surface area contributed by atoms with E-state index in [1.54, 1.807) is 55.6 Å². The zero-order valence-electron chi connectivity index (χ0n) is 61.0. The molecule has 0 spiro atoms. The third kappa shape index (κ3) is 27.6. The number of benzene rings is 3. The van der Waals surface area contributed by atoms with Gasteiger partial charge in [-0.2, -0.15) is 5.26 Å². The summed E-state index contributed by atoms with van der Waals surface area (Å²) in [6, 6.07) is 5.84. The Bertz CT molecular complexity index is 3990. The van der Waals surface area contributed by atoms with Crippen molar-refractivity contribution in [2.24, 2.45) is 28.9 Å². The van der Waals surface area contributed by atoms with Gasteiger partial charge in [-0.1, -0.05) is 95.8 Å². The standard InChI is InChI=1S/C73H99N19O16S2/c1-40(75)31-61(97)92(46-15-6-7-16-46)37-60(96)84-53(32-41-20-22-47(93)23-21-41)68(104)90-57-39-110-109-38-56(64(77)100)89-67(103)52(25-27-62(98)99)86-70(106)55(34-45-36-82-49-18-9-8-17-48(45)49)87-66(102)51(24-26-58(76)94)83-59(95)28-30-80-65(101)50(19-10-29-81-73(78)79)85-69(105)54(33-43-13-4-5-14-44(43)35-74)88-72(108)63(91-71(57)107)42-11-2-3-12-42/h4-5,8-9,13-14,17-18,20-23,36,40,42,46,50-57,63,82,93H,2-3,6-7,10-12,15-16,19,24-34,37-39,75H2,1H3,(H2,76,94)(H2,77,100)(H,80,101)(H,83,95)(H,84,96)(H,85,105)(H,86,106)(H,87,102)(H,88,108)(H,89,103)(H,90,104)(H,91,107)(H,98,99)(H4,78,79,81)/t40-,50-,51-,52-,53-,54-,55-,56-,57-,63-/m0/s1. The van der Waals surface area contributed by atoms with Gasteiger partial charge in [-0.05, 0) is 105 Å². The Morgan fingerprint density at radius 3 is 1.93 bits per heavy atom. The lowest BCUT2D eigenvalue weighted by molar-refractivity contribution is -0.139. The Balaban J connectivity index is 1.29. The van der Waals surface area contributed by atoms with Crippen LogP contribution < -0.4 is 81.4 Å². The highest BCUT2D eigenvalue weighted by Crippen LogP contribution is 2.30. The number of carboxylic acid groups (broad SMARTS) is 1. The molecule has 2 saturated carbocycles. The van der Waals surface area contributed by atoms with Gasteiger partial charge in [0, 0.05) is 98.7 Å². The van der Waals surface area contributed by atoms with E-state index in [-0.39, 0.29) is 73.9 Å². The van der Waals surface area contributed by atoms with E-state index in [1.165, 1.54) is 35.2 Å². The number of phenols is 1. The van der Waals surface area contributed by atoms with Crippen molar-refractivity contribution in [2.75, 3.05) is 31.1 Å². The number of H-pyrrole nitrogens is 1. The molecule has 1 saturated heterocycles. The molecule has 2 heterocycles. The Kier molecular flexibility index (Phi) is 33.9. The van der Waals surface area contributed by atoms with Gasteiger partial charge in [-0.3, -0.25) is 72.5 Å². The number of rotatable bonds is 26. The first kappa shape index (κ1) is 86.2. The summed E-state index contributed by atoms with van der Waals surface area (Å²) >= 11 is 0. The van der Waals surface area contributed by atoms with Crippen LogP contribution in [0.15, 0.2) is 79.0 Å². The van der Waals surface area contributed by atoms with Crippen molar-refractivity contribution in [1.82, 2.24) is 68.4 Å². The molecule has 13 amide bonds. The van der Waals surface area contributed by atoms with Crippen molar-refractivity contribution in [3.05, 3.63) is 101 Å². The number of fused-ring (bicyclic) bond motifs is 1. The predicted octanol–water partition coefficient (Wildman–Crippen LogP) is -1.38. The van der Waals surface area contributed by atoms with Crippen LogP contribution in [0.1, 0.15) is 132 Å². The van der Waals surface area contributed by atoms with E-state index in [9.17, 15) is 63.4 Å². The lowest BCUT2D eigenvalue weighted by Gasteiger charge is -2.31. The average molecular weight is 1560 g/mol. The van der Waals surface area contributed by atoms with Gasteiger partial charge in [0.05, 0.1) is 18.2 Å². The summed E-state index contributed by atoms with van der Waals surface area (Å²) in [6.45, 7) is 0.774. The number of aromatic amines is 1. The maximum Gasteiger partial charge on any atom is 0.303 e. The highest BCUT2D eigenvalue weighted by Gasteiger charge is 2.40. The SMILES string of the molecule is C[C@H](N)CC(=O)N(CC(=O)N[C@@H](Cc1ccc(O)cc1)C(=O)N[C@H]1CSSC[C@@H](C(N)=O)NC(=O)[C@H](CCC(=O)O)NC(=O)[C@H](Cc2c[nH]c3ccccc23)NC(=O)[C@H](CCC(N)=O)NC(=O)CCNC(=O)[C@H](CCCNC(=N)N)NC(=O)[C@H](Cc2ccccc2C#N)NC(=O)[C@H](C2CCCC2)NC1=O)C1CCCC1. The van der Waals surface area contributed by atoms with Crippen molar-refractivity contribution in [3.8, 4) is 11.8 Å². The predicted molar refractivity (Wildman–Crippen MR) is 406 cm³/mol. The number of aromatic nitrogens is 1. The highest BCUT2D eigenvalue weighted by atomic mass is 33.1. The number of carbonyl (C=O) groups excluding carboxylic acids is 13. The molecule has 0 radical (unpaired) electrons. The number of primary amides is 2. The number of nitrogens with one attached hydrogen (secondary N) is 13. The molecule has 0 unspecified atom stereocenters. The Morgan fingerprint density at radius 1 is 0.682 bits per heavy atom. The van der Waals surface area contributed by atoms with Gasteiger partial charge in [0.15, 0.2) is 5.96 Å². The molecule has 35 nitrogen and oxygen atoms in total. The monoisotopic (exact) mass is 1560 g/mol. The van der Waals surface area contributed by atoms with Crippen LogP contribution in [0, 0.1) is 22.7 Å². The van der Waals surface area contributed by atoms with Crippen LogP contribution in [-0.2, 0) is 86.4 Å². The Morgan fingerprint density at radius 2 is 1.27 bits per heavy atom. The summed E-state index contributed by atoms with van der Waals surface area (Å²) < 4.78 is 0. The maximum atomic E-state index is 15.4. The lowest BCUT2D eigenvalue weighted by Crippen LogP contribution is -2.61. The lowest BCUT2D eigenvalue weighted by atomic mass is 9.95. The van der Waals surface area contributed by atoms with Crippen LogP contribution in [0.5, 0.6) is 5.75 Å². The first-order valence-corrected chi connectivity index (χ1v) is 39.0. The van der Waals surface area contributed by atoms with E-state index < -0.39 is 206 Å². The number of para-hydroxylation sites is 1. The Labute approximate surface area is 643 Å². The van der Waals surface area contributed by atoms with Gasteiger partial charge >= 0.3 is 5.97 Å². The fourth-order valence-electron chi connectivity index (χ4n) is 13.2. The molecule has 3 aliphatic rings. The first-order valence-electron chi connectivity index (χ1n) is 36.5. The summed E-state index contributed by atoms with van der Waals surface area (Å²) in [7, 11) is 1.72. The maximum absolute atomic E-state index is 15.4. The molecule has 3 aromatic carbocycles. The molecule has 1 aliphatic heterocycles. The van der Waals surface area contributed by atoms with Gasteiger partial charge in [-0.15, -0.1) is 0 Å². The van der Waals surface area contributed by atoms with Crippen LogP contribution in [0.4, 0.5) is 0 Å². The minimum Gasteiger partial charge on any atom is -0.508 e. The molecule has 4 aromatic rings. The van der Waals surface area contributed by atoms with E-state index in [2.05, 4.69) is 69.5 Å². The highest BCUT2D eigenvalue weighted by molar-refractivity contribution is 8.76. The number of nitrogens with two attached hydrogens (primary N) is 4. The van der Waals surface area contributed by atoms with Gasteiger partial charge < -0.3 is 102 Å². The summed E-state index contributed by atoms with van der Waals surface area (Å²) in [4.78, 5) is 203. The van der Waals surface area contributed by atoms with Crippen molar-refractivity contribution in [3.63, 3.8) is 0 Å². The minimum atomic E-state index is -1.75. The van der Waals surface area contributed by atoms with E-state index in [1.807, 2.05) is 0 Å². The van der Waals surface area contributed by atoms with Crippen LogP contribution in [0.25, 0.3) is 10.9 Å². The number of phenolic OH excluding ortho intramolecular Hbond substituents is 1. The normalized spacial score (nSPS) is 22.1. The summed E-state index contributed by atoms with van der Waals surface area (Å²) in [5.41, 5.74) is 25.0. The number of nitrogens with zero attached hydrogens (tertiary/aromatic N) is 2. The van der Waals surface area contributed by atoms with Crippen LogP contribution >= 0.6 is 21.6 Å². The van der Waals surface area contributed by atoms with E-state index in [0.717, 1.165) is 34.4 Å². The summed E-state index contributed by atoms with van der Waals surface area (Å²) in [5.74, 6) is -15.1. The molecule has 10 atom stereocenters. The number of aromatic hydroxyl groups is 1. The second kappa shape index (κ2) is 43.3. The van der Waals surface area contributed by atoms with E-state index >= 15 is 19.2 Å². The average Bonchev–Trinajstić information content (AvgIpc) is 1.62. The molecule has 1 aromatic heterocycles. The van der Waals surface area contributed by atoms with Crippen molar-refractivity contribution < 1.29 is 77.3 Å². The molecule has 2 aliphatic carbocycles. The zero-order chi connectivity index (χ0) is 80.0. The number of carbonyl (C=O) groups is 14. The summed E-state index contributed by atoms with van der Waals surface area (Å²) in [5, 5.41) is 67.8. The van der Waals surface area contributed by atoms with E-state index in [0.29, 0.717) is 60.6 Å². The summed E-state index contributed by atoms with van der Waals surface area (Å²) in [6.07, 6.45) is 2.60. The molecular weight excluding hydrogens is 1460 g/mol.